The molecule has 0 fully saturated rings. The van der Waals surface area contributed by atoms with E-state index in [2.05, 4.69) is 31.4 Å². The highest BCUT2D eigenvalue weighted by atomic mass is 32.1. The van der Waals surface area contributed by atoms with E-state index in [4.69, 9.17) is 17.0 Å². The molecule has 1 unspecified atom stereocenters. The maximum Gasteiger partial charge on any atom is 0.166 e. The lowest BCUT2D eigenvalue weighted by Crippen LogP contribution is -2.43. The molecule has 0 radical (unpaired) electrons. The maximum atomic E-state index is 5.15. The Kier molecular flexibility index (Phi) is 6.85. The van der Waals surface area contributed by atoms with Gasteiger partial charge in [-0.3, -0.25) is 0 Å². The summed E-state index contributed by atoms with van der Waals surface area (Å²) in [7, 11) is 1.69. The standard InChI is InChI=1S/C11H24N2OS/c1-9(8-14-5)13-10(15)12-7-6-11(2,3)4/h9H,6-8H2,1-5H3,(H2,12,13,15). The second-order valence-corrected chi connectivity index (χ2v) is 5.48. The molecule has 0 aliphatic rings. The Morgan fingerprint density at radius 2 is 2.00 bits per heavy atom. The van der Waals surface area contributed by atoms with Crippen molar-refractivity contribution in [1.29, 1.82) is 0 Å². The summed E-state index contributed by atoms with van der Waals surface area (Å²) in [5.41, 5.74) is 0.348. The van der Waals surface area contributed by atoms with E-state index in [-0.39, 0.29) is 6.04 Å². The molecule has 0 aliphatic carbocycles. The van der Waals surface area contributed by atoms with Crippen LogP contribution in [0.4, 0.5) is 0 Å². The first kappa shape index (κ1) is 14.6. The van der Waals surface area contributed by atoms with Crippen LogP contribution in [0.25, 0.3) is 0 Å². The number of hydrogen-bond acceptors (Lipinski definition) is 2. The molecule has 0 aromatic heterocycles. The molecule has 0 bridgehead atoms. The summed E-state index contributed by atoms with van der Waals surface area (Å²) in [6.07, 6.45) is 1.10. The highest BCUT2D eigenvalue weighted by Crippen LogP contribution is 2.16. The van der Waals surface area contributed by atoms with Gasteiger partial charge in [0.15, 0.2) is 5.11 Å². The van der Waals surface area contributed by atoms with Gasteiger partial charge >= 0.3 is 0 Å². The Bertz CT molecular complexity index is 190. The van der Waals surface area contributed by atoms with E-state index in [1.807, 2.05) is 6.92 Å². The van der Waals surface area contributed by atoms with Crippen LogP contribution < -0.4 is 10.6 Å². The fraction of sp³-hybridized carbons (Fsp3) is 0.909. The molecule has 90 valence electrons. The number of thiocarbonyl (C=S) groups is 1. The van der Waals surface area contributed by atoms with Crippen molar-refractivity contribution in [3.63, 3.8) is 0 Å². The van der Waals surface area contributed by atoms with Gasteiger partial charge in [0.2, 0.25) is 0 Å². The maximum absolute atomic E-state index is 5.15. The Labute approximate surface area is 99.0 Å². The number of rotatable bonds is 5. The van der Waals surface area contributed by atoms with Crippen LogP contribution >= 0.6 is 12.2 Å². The Morgan fingerprint density at radius 3 is 2.47 bits per heavy atom. The highest BCUT2D eigenvalue weighted by molar-refractivity contribution is 7.80. The van der Waals surface area contributed by atoms with Crippen LogP contribution in [-0.2, 0) is 4.74 Å². The van der Waals surface area contributed by atoms with Crippen molar-refractivity contribution in [3.8, 4) is 0 Å². The van der Waals surface area contributed by atoms with Crippen LogP contribution in [0.15, 0.2) is 0 Å². The number of methoxy groups -OCH3 is 1. The number of hydrogen-bond donors (Lipinski definition) is 2. The van der Waals surface area contributed by atoms with Crippen LogP contribution in [0, 0.1) is 5.41 Å². The largest absolute Gasteiger partial charge is 0.383 e. The first-order valence-electron chi connectivity index (χ1n) is 5.38. The van der Waals surface area contributed by atoms with E-state index in [1.165, 1.54) is 0 Å². The summed E-state index contributed by atoms with van der Waals surface area (Å²) in [5.74, 6) is 0. The molecule has 0 heterocycles. The van der Waals surface area contributed by atoms with Gasteiger partial charge in [0.1, 0.15) is 0 Å². The van der Waals surface area contributed by atoms with Gasteiger partial charge in [-0.25, -0.2) is 0 Å². The molecule has 2 N–H and O–H groups in total. The van der Waals surface area contributed by atoms with Gasteiger partial charge in [-0.15, -0.1) is 0 Å². The third-order valence-corrected chi connectivity index (χ3v) is 2.22. The van der Waals surface area contributed by atoms with E-state index in [0.717, 1.165) is 13.0 Å². The molecule has 0 spiro atoms. The average molecular weight is 232 g/mol. The second-order valence-electron chi connectivity index (χ2n) is 5.07. The minimum absolute atomic E-state index is 0.254. The summed E-state index contributed by atoms with van der Waals surface area (Å²) < 4.78 is 5.01. The number of ether oxygens (including phenoxy) is 1. The van der Waals surface area contributed by atoms with Crippen LogP contribution in [-0.4, -0.2) is 31.4 Å². The van der Waals surface area contributed by atoms with Crippen molar-refractivity contribution >= 4 is 17.3 Å². The minimum atomic E-state index is 0.254. The highest BCUT2D eigenvalue weighted by Gasteiger charge is 2.09. The SMILES string of the molecule is COCC(C)NC(=S)NCCC(C)(C)C. The first-order chi connectivity index (χ1) is 6.85. The molecular weight excluding hydrogens is 208 g/mol. The molecule has 0 saturated heterocycles. The Hall–Kier alpha value is -0.350. The summed E-state index contributed by atoms with van der Waals surface area (Å²) in [6, 6.07) is 0.254. The van der Waals surface area contributed by atoms with E-state index in [1.54, 1.807) is 7.11 Å². The zero-order valence-corrected chi connectivity index (χ0v) is 11.3. The summed E-state index contributed by atoms with van der Waals surface area (Å²) in [5, 5.41) is 7.07. The first-order valence-corrected chi connectivity index (χ1v) is 5.79. The van der Waals surface area contributed by atoms with Gasteiger partial charge < -0.3 is 15.4 Å². The van der Waals surface area contributed by atoms with Crippen LogP contribution in [0.1, 0.15) is 34.1 Å². The summed E-state index contributed by atoms with van der Waals surface area (Å²) >= 11 is 5.15. The quantitative estimate of drug-likeness (QED) is 0.710. The number of nitrogens with one attached hydrogen (secondary N) is 2. The molecular formula is C11H24N2OS. The van der Waals surface area contributed by atoms with Crippen molar-refractivity contribution in [2.24, 2.45) is 5.41 Å². The topological polar surface area (TPSA) is 33.3 Å². The van der Waals surface area contributed by atoms with Crippen molar-refractivity contribution in [3.05, 3.63) is 0 Å². The molecule has 0 saturated carbocycles. The third kappa shape index (κ3) is 9.94. The van der Waals surface area contributed by atoms with E-state index in [9.17, 15) is 0 Å². The van der Waals surface area contributed by atoms with Crippen molar-refractivity contribution in [2.45, 2.75) is 40.2 Å². The zero-order chi connectivity index (χ0) is 11.9. The lowest BCUT2D eigenvalue weighted by molar-refractivity contribution is 0.179. The lowest BCUT2D eigenvalue weighted by Gasteiger charge is -2.20. The lowest BCUT2D eigenvalue weighted by atomic mass is 9.92. The molecule has 4 heteroatoms. The predicted molar refractivity (Wildman–Crippen MR) is 69.1 cm³/mol. The zero-order valence-electron chi connectivity index (χ0n) is 10.5. The van der Waals surface area contributed by atoms with Gasteiger partial charge in [0, 0.05) is 19.7 Å². The minimum Gasteiger partial charge on any atom is -0.383 e. The van der Waals surface area contributed by atoms with Gasteiger partial charge in [0.05, 0.1) is 6.61 Å². The van der Waals surface area contributed by atoms with Gasteiger partial charge in [0.25, 0.3) is 0 Å². The monoisotopic (exact) mass is 232 g/mol. The summed E-state index contributed by atoms with van der Waals surface area (Å²) in [4.78, 5) is 0. The molecule has 3 nitrogen and oxygen atoms in total. The predicted octanol–water partition coefficient (Wildman–Crippen LogP) is 1.92. The van der Waals surface area contributed by atoms with E-state index < -0.39 is 0 Å². The molecule has 0 aliphatic heterocycles. The second kappa shape index (κ2) is 7.01. The van der Waals surface area contributed by atoms with E-state index >= 15 is 0 Å². The van der Waals surface area contributed by atoms with Crippen LogP contribution in [0.2, 0.25) is 0 Å². The van der Waals surface area contributed by atoms with Crippen molar-refractivity contribution < 1.29 is 4.74 Å². The van der Waals surface area contributed by atoms with Gasteiger partial charge in [-0.2, -0.15) is 0 Å². The third-order valence-electron chi connectivity index (χ3n) is 1.95. The van der Waals surface area contributed by atoms with Crippen molar-refractivity contribution in [1.82, 2.24) is 10.6 Å². The fourth-order valence-corrected chi connectivity index (χ4v) is 1.42. The normalized spacial score (nSPS) is 13.4. The molecule has 0 aromatic rings. The van der Waals surface area contributed by atoms with Crippen LogP contribution in [0.5, 0.6) is 0 Å². The molecule has 1 atom stereocenters. The fourth-order valence-electron chi connectivity index (χ4n) is 1.12. The van der Waals surface area contributed by atoms with Gasteiger partial charge in [-0.05, 0) is 31.0 Å². The molecule has 15 heavy (non-hydrogen) atoms. The average Bonchev–Trinajstić information content (AvgIpc) is 2.01. The van der Waals surface area contributed by atoms with Crippen molar-refractivity contribution in [2.75, 3.05) is 20.3 Å². The smallest absolute Gasteiger partial charge is 0.166 e. The van der Waals surface area contributed by atoms with E-state index in [0.29, 0.717) is 17.1 Å². The Balaban J connectivity index is 3.58. The van der Waals surface area contributed by atoms with Gasteiger partial charge in [-0.1, -0.05) is 20.8 Å². The molecule has 0 aromatic carbocycles. The molecule has 0 rings (SSSR count). The molecule has 0 amide bonds. The Morgan fingerprint density at radius 1 is 1.40 bits per heavy atom. The summed E-state index contributed by atoms with van der Waals surface area (Å²) in [6.45, 7) is 10.3. The van der Waals surface area contributed by atoms with Crippen LogP contribution in [0.3, 0.4) is 0 Å².